The minimum Gasteiger partial charge on any atom is -0.348 e. The third kappa shape index (κ3) is 3.08. The number of nitrogens with one attached hydrogen (secondary N) is 1. The molecule has 1 aliphatic heterocycles. The van der Waals surface area contributed by atoms with Crippen molar-refractivity contribution < 1.29 is 4.79 Å². The van der Waals surface area contributed by atoms with Gasteiger partial charge in [-0.05, 0) is 42.7 Å². The van der Waals surface area contributed by atoms with Crippen molar-refractivity contribution in [2.24, 2.45) is 5.92 Å². The third-order valence-electron chi connectivity index (χ3n) is 4.42. The van der Waals surface area contributed by atoms with E-state index >= 15 is 0 Å². The third-order valence-corrected chi connectivity index (χ3v) is 4.65. The highest BCUT2D eigenvalue weighted by Gasteiger charge is 2.33. The maximum absolute atomic E-state index is 12.8. The number of carbonyl (C=O) groups is 1. The Morgan fingerprint density at radius 1 is 1.30 bits per heavy atom. The second kappa shape index (κ2) is 6.28. The zero-order chi connectivity index (χ0) is 16.6. The molecule has 1 aliphatic rings. The van der Waals surface area contributed by atoms with Crippen LogP contribution in [0.4, 0.5) is 10.5 Å². The van der Waals surface area contributed by atoms with E-state index in [2.05, 4.69) is 36.0 Å². The summed E-state index contributed by atoms with van der Waals surface area (Å²) in [6.07, 6.45) is 2.08. The molecule has 4 nitrogen and oxygen atoms in total. The van der Waals surface area contributed by atoms with Gasteiger partial charge in [0.25, 0.3) is 0 Å². The Kier molecular flexibility index (Phi) is 4.35. The van der Waals surface area contributed by atoms with Crippen LogP contribution in [0.5, 0.6) is 0 Å². The molecule has 1 aromatic heterocycles. The lowest BCUT2D eigenvalue weighted by atomic mass is 9.97. The highest BCUT2D eigenvalue weighted by molar-refractivity contribution is 6.31. The van der Waals surface area contributed by atoms with Crippen LogP contribution in [0.2, 0.25) is 5.02 Å². The van der Waals surface area contributed by atoms with Gasteiger partial charge in [-0.2, -0.15) is 0 Å². The first-order chi connectivity index (χ1) is 11.0. The first-order valence-electron chi connectivity index (χ1n) is 7.96. The van der Waals surface area contributed by atoms with E-state index in [0.29, 0.717) is 17.5 Å². The average Bonchev–Trinajstić information content (AvgIpc) is 2.98. The molecule has 1 N–H and O–H groups in total. The number of rotatable bonds is 2. The zero-order valence-corrected chi connectivity index (χ0v) is 14.5. The second-order valence-electron chi connectivity index (χ2n) is 6.40. The molecule has 1 atom stereocenters. The fraction of sp³-hybridized carbons (Fsp3) is 0.389. The summed E-state index contributed by atoms with van der Waals surface area (Å²) in [6, 6.07) is 9.71. The Balaban J connectivity index is 1.85. The number of aromatic nitrogens is 1. The Morgan fingerprint density at radius 2 is 2.09 bits per heavy atom. The Bertz CT molecular complexity index is 723. The van der Waals surface area contributed by atoms with E-state index in [1.807, 2.05) is 30.0 Å². The fourth-order valence-electron chi connectivity index (χ4n) is 3.26. The summed E-state index contributed by atoms with van der Waals surface area (Å²) in [5.74, 6) is 0.343. The molecule has 2 aromatic rings. The summed E-state index contributed by atoms with van der Waals surface area (Å²) in [4.78, 5) is 14.8. The molecule has 0 saturated carbocycles. The van der Waals surface area contributed by atoms with E-state index in [1.165, 1.54) is 5.69 Å². The van der Waals surface area contributed by atoms with Gasteiger partial charge in [-0.1, -0.05) is 31.5 Å². The van der Waals surface area contributed by atoms with E-state index in [1.54, 1.807) is 6.07 Å². The van der Waals surface area contributed by atoms with Gasteiger partial charge in [-0.15, -0.1) is 0 Å². The molecular weight excluding hydrogens is 310 g/mol. The maximum atomic E-state index is 12.8. The molecule has 23 heavy (non-hydrogen) atoms. The van der Waals surface area contributed by atoms with Crippen LogP contribution >= 0.6 is 11.6 Å². The molecule has 1 aromatic carbocycles. The van der Waals surface area contributed by atoms with E-state index in [4.69, 9.17) is 11.6 Å². The summed E-state index contributed by atoms with van der Waals surface area (Å²) >= 11 is 6.05. The van der Waals surface area contributed by atoms with Crippen molar-refractivity contribution in [1.82, 2.24) is 9.47 Å². The number of amides is 2. The van der Waals surface area contributed by atoms with Crippen LogP contribution in [0.15, 0.2) is 36.5 Å². The molecule has 3 rings (SSSR count). The van der Waals surface area contributed by atoms with Crippen molar-refractivity contribution in [2.75, 3.05) is 11.9 Å². The van der Waals surface area contributed by atoms with Gasteiger partial charge in [0.1, 0.15) is 0 Å². The number of fused-ring (bicyclic) bond motifs is 1. The lowest BCUT2D eigenvalue weighted by Crippen LogP contribution is -2.45. The molecule has 2 amide bonds. The van der Waals surface area contributed by atoms with Gasteiger partial charge in [0.05, 0.1) is 6.04 Å². The van der Waals surface area contributed by atoms with Crippen LogP contribution in [0.1, 0.15) is 31.1 Å². The van der Waals surface area contributed by atoms with Crippen LogP contribution in [0.3, 0.4) is 0 Å². The summed E-state index contributed by atoms with van der Waals surface area (Å²) in [5, 5.41) is 3.65. The molecule has 0 aliphatic carbocycles. The van der Waals surface area contributed by atoms with Crippen molar-refractivity contribution in [3.8, 4) is 0 Å². The molecule has 0 saturated heterocycles. The van der Waals surface area contributed by atoms with Gasteiger partial charge in [0.15, 0.2) is 0 Å². The largest absolute Gasteiger partial charge is 0.348 e. The average molecular weight is 332 g/mol. The number of nitrogens with zero attached hydrogens (tertiary/aromatic N) is 2. The monoisotopic (exact) mass is 331 g/mol. The number of aryl methyl sites for hydroxylation is 1. The fourth-order valence-corrected chi connectivity index (χ4v) is 3.43. The van der Waals surface area contributed by atoms with Gasteiger partial charge in [0, 0.05) is 35.7 Å². The van der Waals surface area contributed by atoms with Crippen LogP contribution in [-0.2, 0) is 6.54 Å². The van der Waals surface area contributed by atoms with Gasteiger partial charge >= 0.3 is 6.03 Å². The van der Waals surface area contributed by atoms with Gasteiger partial charge in [0.2, 0.25) is 0 Å². The van der Waals surface area contributed by atoms with Crippen LogP contribution in [0, 0.1) is 12.8 Å². The lowest BCUT2D eigenvalue weighted by molar-refractivity contribution is 0.144. The van der Waals surface area contributed by atoms with Gasteiger partial charge in [-0.25, -0.2) is 4.79 Å². The SMILES string of the molecule is Cc1ccc(Cl)cc1NC(=O)N1CCn2cccc2[C@@H]1C(C)C. The van der Waals surface area contributed by atoms with Crippen LogP contribution < -0.4 is 5.32 Å². The van der Waals surface area contributed by atoms with Crippen molar-refractivity contribution >= 4 is 23.3 Å². The summed E-state index contributed by atoms with van der Waals surface area (Å²) in [5.41, 5.74) is 2.97. The van der Waals surface area contributed by atoms with Gasteiger partial charge < -0.3 is 14.8 Å². The number of carbonyl (C=O) groups excluding carboxylic acids is 1. The number of halogens is 1. The van der Waals surface area contributed by atoms with E-state index < -0.39 is 0 Å². The quantitative estimate of drug-likeness (QED) is 0.851. The van der Waals surface area contributed by atoms with E-state index in [9.17, 15) is 4.79 Å². The minimum atomic E-state index is -0.0680. The zero-order valence-electron chi connectivity index (χ0n) is 13.7. The minimum absolute atomic E-state index is 0.0680. The summed E-state index contributed by atoms with van der Waals surface area (Å²) < 4.78 is 2.24. The van der Waals surface area contributed by atoms with Crippen molar-refractivity contribution in [1.29, 1.82) is 0 Å². The van der Waals surface area contributed by atoms with Crippen molar-refractivity contribution in [3.63, 3.8) is 0 Å². The van der Waals surface area contributed by atoms with Crippen molar-refractivity contribution in [2.45, 2.75) is 33.4 Å². The Labute approximate surface area is 142 Å². The van der Waals surface area contributed by atoms with Crippen LogP contribution in [0.25, 0.3) is 0 Å². The summed E-state index contributed by atoms with van der Waals surface area (Å²) in [6.45, 7) is 7.80. The van der Waals surface area contributed by atoms with E-state index in [0.717, 1.165) is 17.8 Å². The predicted molar refractivity (Wildman–Crippen MR) is 93.9 cm³/mol. The van der Waals surface area contributed by atoms with Crippen molar-refractivity contribution in [3.05, 3.63) is 52.8 Å². The topological polar surface area (TPSA) is 37.3 Å². The number of benzene rings is 1. The molecule has 5 heteroatoms. The number of anilines is 1. The first-order valence-corrected chi connectivity index (χ1v) is 8.34. The van der Waals surface area contributed by atoms with E-state index in [-0.39, 0.29) is 12.1 Å². The predicted octanol–water partition coefficient (Wildman–Crippen LogP) is 4.69. The maximum Gasteiger partial charge on any atom is 0.322 e. The van der Waals surface area contributed by atoms with Gasteiger partial charge in [-0.3, -0.25) is 0 Å². The molecule has 2 heterocycles. The Morgan fingerprint density at radius 3 is 2.83 bits per heavy atom. The molecule has 0 bridgehead atoms. The lowest BCUT2D eigenvalue weighted by Gasteiger charge is -2.39. The molecular formula is C18H22ClN3O. The number of hydrogen-bond acceptors (Lipinski definition) is 1. The molecule has 0 spiro atoms. The second-order valence-corrected chi connectivity index (χ2v) is 6.83. The molecule has 0 fully saturated rings. The molecule has 0 radical (unpaired) electrons. The standard InChI is InChI=1S/C18H22ClN3O/c1-12(2)17-16-5-4-8-21(16)9-10-22(17)18(23)20-15-11-14(19)7-6-13(15)3/h4-8,11-12,17H,9-10H2,1-3H3,(H,20,23)/t17-/m0/s1. The summed E-state index contributed by atoms with van der Waals surface area (Å²) in [7, 11) is 0. The highest BCUT2D eigenvalue weighted by atomic mass is 35.5. The highest BCUT2D eigenvalue weighted by Crippen LogP contribution is 2.33. The number of urea groups is 1. The normalized spacial score (nSPS) is 17.3. The molecule has 122 valence electrons. The Hall–Kier alpha value is -1.94. The molecule has 0 unspecified atom stereocenters. The first kappa shape index (κ1) is 15.9. The smallest absolute Gasteiger partial charge is 0.322 e. The number of hydrogen-bond donors (Lipinski definition) is 1. The van der Waals surface area contributed by atoms with Crippen LogP contribution in [-0.4, -0.2) is 22.0 Å².